The van der Waals surface area contributed by atoms with Crippen molar-refractivity contribution in [1.29, 1.82) is 0 Å². The third kappa shape index (κ3) is 3.10. The molecule has 0 aliphatic carbocycles. The van der Waals surface area contributed by atoms with Crippen LogP contribution in [-0.2, 0) is 0 Å². The van der Waals surface area contributed by atoms with Gasteiger partial charge < -0.3 is 4.90 Å². The average molecular weight is 340 g/mol. The Morgan fingerprint density at radius 2 is 1.79 bits per heavy atom. The van der Waals surface area contributed by atoms with Crippen LogP contribution in [-0.4, -0.2) is 6.54 Å². The van der Waals surface area contributed by atoms with Gasteiger partial charge in [0.1, 0.15) is 0 Å². The van der Waals surface area contributed by atoms with E-state index in [-0.39, 0.29) is 0 Å². The number of hydrogen-bond donors (Lipinski definition) is 0. The first kappa shape index (κ1) is 17.1. The zero-order chi connectivity index (χ0) is 17.3. The van der Waals surface area contributed by atoms with Crippen LogP contribution in [0.15, 0.2) is 46.3 Å². The zero-order valence-corrected chi connectivity index (χ0v) is 16.2. The molecule has 3 heteroatoms. The van der Waals surface area contributed by atoms with Crippen molar-refractivity contribution >= 4 is 23.5 Å². The van der Waals surface area contributed by atoms with Crippen molar-refractivity contribution in [2.75, 3.05) is 11.4 Å². The summed E-state index contributed by atoms with van der Waals surface area (Å²) in [6, 6.07) is 13.8. The Balaban J connectivity index is 1.98. The van der Waals surface area contributed by atoms with Gasteiger partial charge in [-0.05, 0) is 37.6 Å². The van der Waals surface area contributed by atoms with Crippen LogP contribution < -0.4 is 9.47 Å². The molecule has 0 saturated carbocycles. The van der Waals surface area contributed by atoms with Crippen molar-refractivity contribution in [3.05, 3.63) is 58.4 Å². The van der Waals surface area contributed by atoms with Gasteiger partial charge in [0.05, 0.1) is 10.7 Å². The first-order valence-electron chi connectivity index (χ1n) is 8.84. The smallest absolute Gasteiger partial charge is 0.179 e. The van der Waals surface area contributed by atoms with Gasteiger partial charge in [0.2, 0.25) is 0 Å². The van der Waals surface area contributed by atoms with E-state index in [9.17, 15) is 0 Å². The van der Waals surface area contributed by atoms with Gasteiger partial charge in [-0.25, -0.2) is 0 Å². The van der Waals surface area contributed by atoms with Gasteiger partial charge in [-0.2, -0.15) is 4.57 Å². The molecule has 0 amide bonds. The highest BCUT2D eigenvalue weighted by Crippen LogP contribution is 2.46. The lowest BCUT2D eigenvalue weighted by Gasteiger charge is -2.18. The molecule has 1 aliphatic heterocycles. The fraction of sp³-hybridized carbons (Fsp3) is 0.381. The molecular formula is C21H27N2S+. The maximum absolute atomic E-state index is 2.44. The van der Waals surface area contributed by atoms with E-state index < -0.39 is 0 Å². The molecule has 2 aromatic rings. The lowest BCUT2D eigenvalue weighted by Crippen LogP contribution is -2.43. The highest BCUT2D eigenvalue weighted by Gasteiger charge is 2.24. The van der Waals surface area contributed by atoms with Crippen LogP contribution in [0.3, 0.4) is 0 Å². The Labute approximate surface area is 150 Å². The van der Waals surface area contributed by atoms with Crippen LogP contribution in [0, 0.1) is 13.8 Å². The second-order valence-corrected chi connectivity index (χ2v) is 7.56. The van der Waals surface area contributed by atoms with Crippen molar-refractivity contribution in [3.63, 3.8) is 0 Å². The van der Waals surface area contributed by atoms with E-state index in [0.717, 1.165) is 13.0 Å². The quantitative estimate of drug-likeness (QED) is 0.680. The second-order valence-electron chi connectivity index (χ2n) is 6.50. The number of thioether (sulfide) groups is 1. The van der Waals surface area contributed by atoms with Crippen molar-refractivity contribution in [3.8, 4) is 0 Å². The van der Waals surface area contributed by atoms with E-state index in [1.165, 1.54) is 32.6 Å². The fourth-order valence-corrected chi connectivity index (χ4v) is 4.72. The molecule has 2 heterocycles. The van der Waals surface area contributed by atoms with E-state index >= 15 is 0 Å². The zero-order valence-electron chi connectivity index (χ0n) is 15.3. The summed E-state index contributed by atoms with van der Waals surface area (Å²) >= 11 is 1.87. The van der Waals surface area contributed by atoms with E-state index in [4.69, 9.17) is 0 Å². The third-order valence-electron chi connectivity index (χ3n) is 4.79. The van der Waals surface area contributed by atoms with Crippen molar-refractivity contribution in [2.45, 2.75) is 52.0 Å². The molecule has 0 N–H and O–H groups in total. The SMILES string of the molecule is CCC(C)[n+]1c(C)cc(C=C2Sc3ccccc3N2CC)cc1C. The van der Waals surface area contributed by atoms with Crippen LogP contribution in [0.4, 0.5) is 5.69 Å². The van der Waals surface area contributed by atoms with Crippen molar-refractivity contribution in [1.82, 2.24) is 0 Å². The lowest BCUT2D eigenvalue weighted by molar-refractivity contribution is -0.730. The highest BCUT2D eigenvalue weighted by molar-refractivity contribution is 8.03. The molecule has 0 saturated heterocycles. The number of anilines is 1. The monoisotopic (exact) mass is 339 g/mol. The summed E-state index contributed by atoms with van der Waals surface area (Å²) in [5.41, 5.74) is 5.29. The van der Waals surface area contributed by atoms with E-state index in [2.05, 4.69) is 86.6 Å². The van der Waals surface area contributed by atoms with Gasteiger partial charge in [-0.1, -0.05) is 30.8 Å². The molecule has 2 nitrogen and oxygen atoms in total. The number of fused-ring (bicyclic) bond motifs is 1. The maximum Gasteiger partial charge on any atom is 0.179 e. The summed E-state index contributed by atoms with van der Waals surface area (Å²) in [6.07, 6.45) is 3.48. The predicted molar refractivity (Wildman–Crippen MR) is 104 cm³/mol. The standard InChI is InChI=1S/C21H27N2S/c1-6-15(3)23-16(4)12-18(13-17(23)5)14-21-22(7-2)19-10-8-9-11-20(19)24-21/h8-15H,6-7H2,1-5H3/q+1. The molecular weight excluding hydrogens is 312 g/mol. The lowest BCUT2D eigenvalue weighted by atomic mass is 10.1. The number of rotatable bonds is 4. The van der Waals surface area contributed by atoms with Crippen LogP contribution in [0.5, 0.6) is 0 Å². The van der Waals surface area contributed by atoms with Gasteiger partial charge in [-0.15, -0.1) is 0 Å². The number of hydrogen-bond acceptors (Lipinski definition) is 2. The average Bonchev–Trinajstić information content (AvgIpc) is 2.90. The van der Waals surface area contributed by atoms with Gasteiger partial charge in [-0.3, -0.25) is 0 Å². The predicted octanol–water partition coefficient (Wildman–Crippen LogP) is 5.49. The summed E-state index contributed by atoms with van der Waals surface area (Å²) in [7, 11) is 0. The van der Waals surface area contributed by atoms with Gasteiger partial charge >= 0.3 is 0 Å². The molecule has 0 fully saturated rings. The van der Waals surface area contributed by atoms with Gasteiger partial charge in [0.25, 0.3) is 0 Å². The molecule has 0 radical (unpaired) electrons. The van der Waals surface area contributed by atoms with Crippen molar-refractivity contribution in [2.24, 2.45) is 0 Å². The fourth-order valence-electron chi connectivity index (χ4n) is 3.53. The van der Waals surface area contributed by atoms with E-state index in [1.807, 2.05) is 11.8 Å². The first-order valence-corrected chi connectivity index (χ1v) is 9.65. The summed E-state index contributed by atoms with van der Waals surface area (Å²) in [5, 5.41) is 1.32. The number of aromatic nitrogens is 1. The van der Waals surface area contributed by atoms with Crippen LogP contribution in [0.2, 0.25) is 0 Å². The van der Waals surface area contributed by atoms with E-state index in [0.29, 0.717) is 6.04 Å². The molecule has 1 aromatic carbocycles. The largest absolute Gasteiger partial charge is 0.335 e. The Kier molecular flexibility index (Phi) is 5.00. The molecule has 1 aliphatic rings. The molecule has 1 atom stereocenters. The molecule has 0 spiro atoms. The summed E-state index contributed by atoms with van der Waals surface area (Å²) in [5.74, 6) is 0. The Morgan fingerprint density at radius 3 is 2.42 bits per heavy atom. The van der Waals surface area contributed by atoms with E-state index in [1.54, 1.807) is 0 Å². The Hall–Kier alpha value is -1.74. The van der Waals surface area contributed by atoms with Crippen LogP contribution in [0.1, 0.15) is 50.2 Å². The molecule has 24 heavy (non-hydrogen) atoms. The molecule has 3 rings (SSSR count). The minimum Gasteiger partial charge on any atom is -0.335 e. The molecule has 1 aromatic heterocycles. The Morgan fingerprint density at radius 1 is 1.12 bits per heavy atom. The minimum absolute atomic E-state index is 0.545. The first-order chi connectivity index (χ1) is 11.5. The minimum atomic E-state index is 0.545. The maximum atomic E-state index is 2.44. The van der Waals surface area contributed by atoms with Gasteiger partial charge in [0.15, 0.2) is 17.4 Å². The second kappa shape index (κ2) is 7.02. The number of benzene rings is 1. The topological polar surface area (TPSA) is 7.12 Å². The number of nitrogens with zero attached hydrogens (tertiary/aromatic N) is 2. The van der Waals surface area contributed by atoms with Gasteiger partial charge in [0, 0.05) is 43.8 Å². The summed E-state index contributed by atoms with van der Waals surface area (Å²) in [6.45, 7) is 12.2. The number of para-hydroxylation sites is 1. The van der Waals surface area contributed by atoms with Crippen LogP contribution in [0.25, 0.3) is 6.08 Å². The summed E-state index contributed by atoms with van der Waals surface area (Å²) < 4.78 is 2.44. The number of pyridine rings is 1. The molecule has 1 unspecified atom stereocenters. The summed E-state index contributed by atoms with van der Waals surface area (Å²) in [4.78, 5) is 3.75. The Bertz CT molecular complexity index is 756. The number of aryl methyl sites for hydroxylation is 2. The highest BCUT2D eigenvalue weighted by atomic mass is 32.2. The molecule has 0 bridgehead atoms. The molecule has 126 valence electrons. The normalized spacial score (nSPS) is 16.5. The third-order valence-corrected chi connectivity index (χ3v) is 5.90. The van der Waals surface area contributed by atoms with Crippen molar-refractivity contribution < 1.29 is 4.57 Å². The van der Waals surface area contributed by atoms with Crippen LogP contribution >= 0.6 is 11.8 Å².